The van der Waals surface area contributed by atoms with Gasteiger partial charge in [-0.05, 0) is 25.5 Å². The fourth-order valence-corrected chi connectivity index (χ4v) is 3.54. The zero-order chi connectivity index (χ0) is 19.2. The number of ether oxygens (including phenoxy) is 2. The number of carbonyl (C=O) groups is 1. The smallest absolute Gasteiger partial charge is 0.336 e. The number of benzene rings is 1. The number of aliphatic hydroxyl groups excluding tert-OH is 1. The maximum Gasteiger partial charge on any atom is 0.336 e. The van der Waals surface area contributed by atoms with Gasteiger partial charge in [0.25, 0.3) is 0 Å². The van der Waals surface area contributed by atoms with Crippen molar-refractivity contribution in [3.63, 3.8) is 0 Å². The molecule has 0 saturated heterocycles. The lowest BCUT2D eigenvalue weighted by molar-refractivity contribution is -0.136. The van der Waals surface area contributed by atoms with E-state index in [9.17, 15) is 23.1 Å². The largest absolute Gasteiger partial charge is 0.466 e. The Balaban J connectivity index is 2.31. The van der Waals surface area contributed by atoms with Gasteiger partial charge in [-0.3, -0.25) is 0 Å². The highest BCUT2D eigenvalue weighted by molar-refractivity contribution is 5.92. The van der Waals surface area contributed by atoms with Gasteiger partial charge in [-0.25, -0.2) is 18.0 Å². The van der Waals surface area contributed by atoms with Crippen LogP contribution in [0.2, 0.25) is 0 Å². The molecule has 2 heterocycles. The minimum absolute atomic E-state index is 0.0249. The summed E-state index contributed by atoms with van der Waals surface area (Å²) in [5, 5.41) is 13.2. The van der Waals surface area contributed by atoms with E-state index in [2.05, 4.69) is 5.32 Å². The molecule has 0 radical (unpaired) electrons. The number of dihydropyridines is 1. The van der Waals surface area contributed by atoms with Crippen LogP contribution in [0, 0.1) is 11.6 Å². The van der Waals surface area contributed by atoms with Crippen molar-refractivity contribution in [2.24, 2.45) is 0 Å². The average molecular weight is 369 g/mol. The molecule has 8 heteroatoms. The molecule has 1 aromatic rings. The van der Waals surface area contributed by atoms with Gasteiger partial charge in [0, 0.05) is 34.5 Å². The molecule has 3 rings (SSSR count). The van der Waals surface area contributed by atoms with Crippen molar-refractivity contribution in [1.82, 2.24) is 5.32 Å². The molecule has 0 amide bonds. The van der Waals surface area contributed by atoms with Gasteiger partial charge in [-0.2, -0.15) is 0 Å². The maximum absolute atomic E-state index is 14.3. The number of hydrogen-bond donors (Lipinski definition) is 2. The van der Waals surface area contributed by atoms with Gasteiger partial charge in [0.1, 0.15) is 17.8 Å². The van der Waals surface area contributed by atoms with E-state index in [1.807, 2.05) is 0 Å². The average Bonchev–Trinajstić information content (AvgIpc) is 2.92. The number of alkyl halides is 1. The molecule has 1 aromatic carbocycles. The molecule has 0 aliphatic carbocycles. The topological polar surface area (TPSA) is 67.8 Å². The van der Waals surface area contributed by atoms with Crippen molar-refractivity contribution in [3.05, 3.63) is 57.4 Å². The second kappa shape index (κ2) is 6.77. The van der Waals surface area contributed by atoms with E-state index in [1.54, 1.807) is 6.92 Å². The third-order valence-electron chi connectivity index (χ3n) is 4.58. The number of esters is 1. The van der Waals surface area contributed by atoms with E-state index in [4.69, 9.17) is 9.47 Å². The highest BCUT2D eigenvalue weighted by Crippen LogP contribution is 2.45. The lowest BCUT2D eigenvalue weighted by Crippen LogP contribution is -2.31. The van der Waals surface area contributed by atoms with Crippen molar-refractivity contribution in [1.29, 1.82) is 0 Å². The Bertz CT molecular complexity index is 832. The summed E-state index contributed by atoms with van der Waals surface area (Å²) in [5.41, 5.74) is 0.620. The Kier molecular flexibility index (Phi) is 4.81. The summed E-state index contributed by atoms with van der Waals surface area (Å²) in [5.74, 6) is -3.84. The van der Waals surface area contributed by atoms with Crippen LogP contribution in [0.25, 0.3) is 0 Å². The van der Waals surface area contributed by atoms with Gasteiger partial charge in [-0.15, -0.1) is 0 Å². The third-order valence-corrected chi connectivity index (χ3v) is 4.58. The summed E-state index contributed by atoms with van der Waals surface area (Å²) < 4.78 is 52.4. The van der Waals surface area contributed by atoms with Crippen molar-refractivity contribution in [2.45, 2.75) is 32.2 Å². The molecule has 1 unspecified atom stereocenters. The van der Waals surface area contributed by atoms with Crippen LogP contribution in [0.15, 0.2) is 34.7 Å². The Morgan fingerprint density at radius 1 is 1.42 bits per heavy atom. The Hall–Kier alpha value is -2.32. The zero-order valence-electron chi connectivity index (χ0n) is 14.4. The van der Waals surface area contributed by atoms with Gasteiger partial charge in [-0.1, -0.05) is 0 Å². The molecule has 2 aliphatic rings. The van der Waals surface area contributed by atoms with Gasteiger partial charge in [0.2, 0.25) is 0 Å². The van der Waals surface area contributed by atoms with Gasteiger partial charge < -0.3 is 19.9 Å². The van der Waals surface area contributed by atoms with Crippen molar-refractivity contribution in [2.75, 3.05) is 13.7 Å². The number of hydrogen-bond acceptors (Lipinski definition) is 5. The Morgan fingerprint density at radius 3 is 2.73 bits per heavy atom. The van der Waals surface area contributed by atoms with Crippen LogP contribution in [-0.4, -0.2) is 31.1 Å². The van der Waals surface area contributed by atoms with E-state index >= 15 is 0 Å². The number of allylic oxidation sites excluding steroid dienone is 1. The molecule has 2 N–H and O–H groups in total. The van der Waals surface area contributed by atoms with Gasteiger partial charge in [0.15, 0.2) is 6.29 Å². The first-order valence-corrected chi connectivity index (χ1v) is 7.97. The summed E-state index contributed by atoms with van der Waals surface area (Å²) >= 11 is 0. The van der Waals surface area contributed by atoms with Crippen LogP contribution in [-0.2, 0) is 14.3 Å². The lowest BCUT2D eigenvalue weighted by atomic mass is 9.78. The molecule has 0 bridgehead atoms. The van der Waals surface area contributed by atoms with Crippen molar-refractivity contribution in [3.8, 4) is 0 Å². The summed E-state index contributed by atoms with van der Waals surface area (Å²) in [6.45, 7) is 2.73. The number of methoxy groups -OCH3 is 1. The van der Waals surface area contributed by atoms with Crippen molar-refractivity contribution >= 4 is 5.97 Å². The lowest BCUT2D eigenvalue weighted by Gasteiger charge is -2.31. The summed E-state index contributed by atoms with van der Waals surface area (Å²) in [4.78, 5) is 12.4. The molecule has 0 spiro atoms. The summed E-state index contributed by atoms with van der Waals surface area (Å²) in [7, 11) is 1.16. The second-order valence-corrected chi connectivity index (χ2v) is 6.19. The Morgan fingerprint density at radius 2 is 2.12 bits per heavy atom. The molecule has 3 atom stereocenters. The van der Waals surface area contributed by atoms with Crippen LogP contribution >= 0.6 is 0 Å². The maximum atomic E-state index is 14.3. The van der Waals surface area contributed by atoms with Gasteiger partial charge >= 0.3 is 5.97 Å². The SMILES string of the molecule is COC(=O)C1=C(C)NC2=C(C(O)OC2)[C@@H]1c1cc(F)cc(F)c1[C@@H](C)F. The third kappa shape index (κ3) is 2.89. The van der Waals surface area contributed by atoms with E-state index in [0.29, 0.717) is 17.5 Å². The van der Waals surface area contributed by atoms with E-state index < -0.39 is 36.0 Å². The number of rotatable bonds is 3. The minimum Gasteiger partial charge on any atom is -0.466 e. The molecule has 0 saturated carbocycles. The first-order chi connectivity index (χ1) is 12.3. The molecule has 0 aromatic heterocycles. The first-order valence-electron chi connectivity index (χ1n) is 7.97. The molecule has 26 heavy (non-hydrogen) atoms. The van der Waals surface area contributed by atoms with Crippen LogP contribution in [0.3, 0.4) is 0 Å². The van der Waals surface area contributed by atoms with Crippen molar-refractivity contribution < 1.29 is 32.5 Å². The number of carbonyl (C=O) groups excluding carboxylic acids is 1. The molecule has 5 nitrogen and oxygen atoms in total. The molecule has 2 aliphatic heterocycles. The van der Waals surface area contributed by atoms with Gasteiger partial charge in [0.05, 0.1) is 19.3 Å². The minimum atomic E-state index is -1.76. The zero-order valence-corrected chi connectivity index (χ0v) is 14.4. The summed E-state index contributed by atoms with van der Waals surface area (Å²) in [6, 6.07) is 1.55. The normalized spacial score (nSPS) is 23.7. The van der Waals surface area contributed by atoms with E-state index in [-0.39, 0.29) is 28.9 Å². The highest BCUT2D eigenvalue weighted by Gasteiger charge is 2.42. The predicted octanol–water partition coefficient (Wildman–Crippen LogP) is 2.73. The van der Waals surface area contributed by atoms with Crippen LogP contribution in [0.5, 0.6) is 0 Å². The Labute approximate surface area is 148 Å². The fourth-order valence-electron chi connectivity index (χ4n) is 3.54. The molecular formula is C18H18F3NO4. The van der Waals surface area contributed by atoms with Crippen LogP contribution < -0.4 is 5.32 Å². The number of aliphatic hydroxyl groups is 1. The molecular weight excluding hydrogens is 351 g/mol. The van der Waals surface area contributed by atoms with E-state index in [0.717, 1.165) is 20.1 Å². The van der Waals surface area contributed by atoms with Crippen LogP contribution in [0.1, 0.15) is 37.1 Å². The number of halogens is 3. The second-order valence-electron chi connectivity index (χ2n) is 6.19. The summed E-state index contributed by atoms with van der Waals surface area (Å²) in [6.07, 6.45) is -3.16. The number of nitrogens with one attached hydrogen (secondary N) is 1. The predicted molar refractivity (Wildman–Crippen MR) is 85.5 cm³/mol. The molecule has 140 valence electrons. The van der Waals surface area contributed by atoms with Crippen LogP contribution in [0.4, 0.5) is 13.2 Å². The fraction of sp³-hybridized carbons (Fsp3) is 0.389. The molecule has 0 fully saturated rings. The van der Waals surface area contributed by atoms with E-state index in [1.165, 1.54) is 0 Å². The quantitative estimate of drug-likeness (QED) is 0.802. The standard InChI is InChI=1S/C18H18F3NO4/c1-7(19)13-10(4-9(20)5-11(13)21)15-14(17(23)25-3)8(2)22-12-6-26-18(24)16(12)15/h4-5,7,15,18,22,24H,6H2,1-3H3/t7-,15-,18?/m1/s1. The monoisotopic (exact) mass is 369 g/mol. The highest BCUT2D eigenvalue weighted by atomic mass is 19.1. The first kappa shape index (κ1) is 18.5.